The highest BCUT2D eigenvalue weighted by atomic mass is 16.2. The van der Waals surface area contributed by atoms with Crippen molar-refractivity contribution in [1.29, 1.82) is 0 Å². The first-order chi connectivity index (χ1) is 23.4. The summed E-state index contributed by atoms with van der Waals surface area (Å²) in [5.74, 6) is -3.87. The molecule has 272 valence electrons. The summed E-state index contributed by atoms with van der Waals surface area (Å²) in [6, 6.07) is 3.04. The Bertz CT molecular complexity index is 1540. The van der Waals surface area contributed by atoms with Gasteiger partial charge in [-0.25, -0.2) is 4.79 Å². The van der Waals surface area contributed by atoms with Crippen LogP contribution in [0.15, 0.2) is 24.3 Å². The largest absolute Gasteiger partial charge is 0.363 e. The van der Waals surface area contributed by atoms with E-state index in [4.69, 9.17) is 5.73 Å². The number of nitrogens with zero attached hydrogens (tertiary/aromatic N) is 2. The molecule has 2 aliphatic heterocycles. The van der Waals surface area contributed by atoms with Gasteiger partial charge in [-0.2, -0.15) is 0 Å². The molecule has 0 aromatic heterocycles. The lowest BCUT2D eigenvalue weighted by Crippen LogP contribution is -2.64. The summed E-state index contributed by atoms with van der Waals surface area (Å²) >= 11 is 0. The van der Waals surface area contributed by atoms with Crippen molar-refractivity contribution in [1.82, 2.24) is 25.8 Å². The molecule has 50 heavy (non-hydrogen) atoms. The average Bonchev–Trinajstić information content (AvgIpc) is 3.31. The van der Waals surface area contributed by atoms with E-state index in [1.54, 1.807) is 24.3 Å². The summed E-state index contributed by atoms with van der Waals surface area (Å²) in [4.78, 5) is 95.9. The van der Waals surface area contributed by atoms with Gasteiger partial charge in [0.05, 0.1) is 29.3 Å². The monoisotopic (exact) mass is 692 g/mol. The molecule has 2 heterocycles. The fourth-order valence-electron chi connectivity index (χ4n) is 8.38. The number of likely N-dealkylation sites (tertiary alicyclic amines) is 1. The maximum atomic E-state index is 14.4. The molecule has 13 heteroatoms. The second-order valence-electron chi connectivity index (χ2n) is 16.3. The van der Waals surface area contributed by atoms with Gasteiger partial charge in [-0.1, -0.05) is 85.8 Å². The first-order valence-electron chi connectivity index (χ1n) is 17.9. The van der Waals surface area contributed by atoms with Crippen LogP contribution in [0.4, 0.5) is 4.79 Å². The number of amides is 7. The predicted molar refractivity (Wildman–Crippen MR) is 184 cm³/mol. The van der Waals surface area contributed by atoms with Gasteiger partial charge in [-0.05, 0) is 54.1 Å². The normalized spacial score (nSPS) is 24.5. The highest BCUT2D eigenvalue weighted by Crippen LogP contribution is 2.65. The van der Waals surface area contributed by atoms with Crippen LogP contribution in [0.25, 0.3) is 0 Å². The lowest BCUT2D eigenvalue weighted by molar-refractivity contribution is -0.145. The molecule has 2 aliphatic carbocycles. The van der Waals surface area contributed by atoms with E-state index < -0.39 is 70.4 Å². The fraction of sp³-hybridized carbons (Fsp3) is 0.649. The van der Waals surface area contributed by atoms with Crippen LogP contribution in [0.1, 0.15) is 114 Å². The zero-order chi connectivity index (χ0) is 36.8. The van der Waals surface area contributed by atoms with Crippen LogP contribution in [0.3, 0.4) is 0 Å². The molecule has 3 fully saturated rings. The van der Waals surface area contributed by atoms with Gasteiger partial charge in [-0.15, -0.1) is 0 Å². The topological polar surface area (TPSA) is 188 Å². The third-order valence-electron chi connectivity index (χ3n) is 11.4. The van der Waals surface area contributed by atoms with E-state index in [2.05, 4.69) is 16.0 Å². The van der Waals surface area contributed by atoms with Gasteiger partial charge in [0.25, 0.3) is 17.7 Å². The number of benzene rings is 1. The van der Waals surface area contributed by atoms with Gasteiger partial charge in [0, 0.05) is 6.54 Å². The highest BCUT2D eigenvalue weighted by molar-refractivity contribution is 6.37. The lowest BCUT2D eigenvalue weighted by Gasteiger charge is -2.42. The van der Waals surface area contributed by atoms with E-state index in [1.807, 2.05) is 41.5 Å². The molecule has 1 saturated heterocycles. The number of ketones is 1. The molecule has 0 bridgehead atoms. The van der Waals surface area contributed by atoms with E-state index in [1.165, 1.54) is 9.80 Å². The van der Waals surface area contributed by atoms with Gasteiger partial charge < -0.3 is 26.6 Å². The number of unbranched alkanes of at least 4 members (excludes halogenated alkanes) is 1. The van der Waals surface area contributed by atoms with E-state index in [0.29, 0.717) is 36.9 Å². The van der Waals surface area contributed by atoms with E-state index in [0.717, 1.165) is 25.7 Å². The molecule has 5 N–H and O–H groups in total. The fourth-order valence-corrected chi connectivity index (χ4v) is 8.38. The van der Waals surface area contributed by atoms with Gasteiger partial charge >= 0.3 is 6.03 Å². The number of hydrogen-bond acceptors (Lipinski definition) is 7. The van der Waals surface area contributed by atoms with Gasteiger partial charge in [0.15, 0.2) is 0 Å². The number of hydrogen-bond donors (Lipinski definition) is 4. The predicted octanol–water partition coefficient (Wildman–Crippen LogP) is 2.91. The van der Waals surface area contributed by atoms with Crippen LogP contribution < -0.4 is 21.7 Å². The minimum absolute atomic E-state index is 0.0108. The van der Waals surface area contributed by atoms with Crippen LogP contribution in [0.2, 0.25) is 0 Å². The van der Waals surface area contributed by atoms with E-state index in [-0.39, 0.29) is 30.2 Å². The van der Waals surface area contributed by atoms with Crippen molar-refractivity contribution in [3.63, 3.8) is 0 Å². The second kappa shape index (κ2) is 13.8. The Balaban J connectivity index is 1.34. The third kappa shape index (κ3) is 7.00. The zero-order valence-electron chi connectivity index (χ0n) is 30.1. The summed E-state index contributed by atoms with van der Waals surface area (Å²) in [5.41, 5.74) is 4.10. The van der Waals surface area contributed by atoms with Crippen molar-refractivity contribution in [3.8, 4) is 0 Å². The molecule has 1 aromatic carbocycles. The average molecular weight is 693 g/mol. The third-order valence-corrected chi connectivity index (χ3v) is 11.4. The van der Waals surface area contributed by atoms with Crippen molar-refractivity contribution < 1.29 is 33.6 Å². The standard InChI is InChI=1S/C37H52N6O7/c1-7-8-16-24(27(44)29(38)45)39-30(46)26-25-23(36(25,5)6)19-42(26)33(49)28(35(2,3)4)40-34(50)41-37(17-12-9-13-18-37)20-43-31(47)21-14-10-11-15-22(21)32(43)48/h10-11,14-15,23-26,28H,7-9,12-13,16-20H2,1-6H3,(H2,38,45)(H,39,46)(H2,40,41,50)/t23-,24?,25-,26-,28+/m0/s1. The molecular weight excluding hydrogens is 640 g/mol. The summed E-state index contributed by atoms with van der Waals surface area (Å²) in [6.45, 7) is 11.8. The summed E-state index contributed by atoms with van der Waals surface area (Å²) in [5, 5.41) is 8.72. The molecule has 13 nitrogen and oxygen atoms in total. The van der Waals surface area contributed by atoms with Gasteiger partial charge in [-0.3, -0.25) is 33.7 Å². The number of imide groups is 1. The Morgan fingerprint density at radius 2 is 1.56 bits per heavy atom. The van der Waals surface area contributed by atoms with Crippen molar-refractivity contribution in [2.24, 2.45) is 28.4 Å². The Kier molecular flexibility index (Phi) is 10.2. The maximum Gasteiger partial charge on any atom is 0.315 e. The number of rotatable bonds is 12. The number of urea groups is 1. The molecule has 1 aromatic rings. The molecule has 4 aliphatic rings. The van der Waals surface area contributed by atoms with Gasteiger partial charge in [0.1, 0.15) is 12.1 Å². The van der Waals surface area contributed by atoms with Crippen LogP contribution in [0, 0.1) is 22.7 Å². The second-order valence-corrected chi connectivity index (χ2v) is 16.3. The number of fused-ring (bicyclic) bond motifs is 2. The number of carbonyl (C=O) groups is 7. The molecule has 0 spiro atoms. The van der Waals surface area contributed by atoms with Crippen LogP contribution in [-0.2, 0) is 19.2 Å². The lowest BCUT2D eigenvalue weighted by atomic mass is 9.81. The summed E-state index contributed by atoms with van der Waals surface area (Å²) in [7, 11) is 0. The minimum atomic E-state index is -1.13. The Morgan fingerprint density at radius 3 is 2.10 bits per heavy atom. The molecule has 2 saturated carbocycles. The number of primary amides is 1. The Morgan fingerprint density at radius 1 is 0.960 bits per heavy atom. The number of nitrogens with two attached hydrogens (primary N) is 1. The smallest absolute Gasteiger partial charge is 0.315 e. The van der Waals surface area contributed by atoms with Crippen molar-refractivity contribution in [2.75, 3.05) is 13.1 Å². The van der Waals surface area contributed by atoms with Crippen LogP contribution in [-0.4, -0.2) is 87.9 Å². The number of piperidine rings is 1. The quantitative estimate of drug-likeness (QED) is 0.191. The molecule has 5 atom stereocenters. The number of nitrogens with one attached hydrogen (secondary N) is 3. The maximum absolute atomic E-state index is 14.4. The highest BCUT2D eigenvalue weighted by Gasteiger charge is 2.70. The number of carbonyl (C=O) groups excluding carboxylic acids is 7. The molecule has 0 radical (unpaired) electrons. The van der Waals surface area contributed by atoms with Gasteiger partial charge in [0.2, 0.25) is 17.6 Å². The first-order valence-corrected chi connectivity index (χ1v) is 17.9. The SMILES string of the molecule is CCCCC(NC(=O)[C@@H]1[C@@H]2[C@H](CN1C(=O)[C@@H](NC(=O)NC1(CN3C(=O)c4ccccc4C3=O)CCCCC1)C(C)(C)C)C2(C)C)C(=O)C(N)=O. The Hall–Kier alpha value is -4.29. The molecule has 7 amide bonds. The molecule has 1 unspecified atom stereocenters. The van der Waals surface area contributed by atoms with Crippen molar-refractivity contribution >= 4 is 41.4 Å². The van der Waals surface area contributed by atoms with Crippen molar-refractivity contribution in [2.45, 2.75) is 117 Å². The first kappa shape index (κ1) is 37.0. The number of Topliss-reactive ketones (excluding diaryl/α,β-unsaturated/α-hetero) is 1. The molecular formula is C37H52N6O7. The van der Waals surface area contributed by atoms with Crippen molar-refractivity contribution in [3.05, 3.63) is 35.4 Å². The zero-order valence-corrected chi connectivity index (χ0v) is 30.1. The summed E-state index contributed by atoms with van der Waals surface area (Å²) in [6.07, 6.45) is 5.24. The van der Waals surface area contributed by atoms with Crippen LogP contribution >= 0.6 is 0 Å². The van der Waals surface area contributed by atoms with Crippen LogP contribution in [0.5, 0.6) is 0 Å². The Labute approximate surface area is 293 Å². The van der Waals surface area contributed by atoms with E-state index >= 15 is 0 Å². The summed E-state index contributed by atoms with van der Waals surface area (Å²) < 4.78 is 0. The molecule has 5 rings (SSSR count). The van der Waals surface area contributed by atoms with E-state index in [9.17, 15) is 33.6 Å². The minimum Gasteiger partial charge on any atom is -0.363 e.